The van der Waals surface area contributed by atoms with E-state index < -0.39 is 11.9 Å². The predicted molar refractivity (Wildman–Crippen MR) is 55.9 cm³/mol. The van der Waals surface area contributed by atoms with E-state index in [1.807, 2.05) is 0 Å². The monoisotopic (exact) mass is 220 g/mol. The first-order valence-corrected chi connectivity index (χ1v) is 4.88. The third-order valence-corrected chi connectivity index (χ3v) is 2.47. The molecule has 2 aromatic heterocycles. The lowest BCUT2D eigenvalue weighted by Gasteiger charge is -2.06. The molecule has 0 radical (unpaired) electrons. The van der Waals surface area contributed by atoms with Crippen LogP contribution in [-0.2, 0) is 6.42 Å². The molecule has 4 heteroatoms. The highest BCUT2D eigenvalue weighted by atomic mass is 19.1. The number of nitrogens with zero attached hydrogens (tertiary/aromatic N) is 2. The number of aromatic nitrogens is 2. The van der Waals surface area contributed by atoms with Gasteiger partial charge in [0.15, 0.2) is 0 Å². The average Bonchev–Trinajstić information content (AvgIpc) is 2.28. The fourth-order valence-electron chi connectivity index (χ4n) is 1.49. The maximum absolute atomic E-state index is 13.3. The van der Waals surface area contributed by atoms with Crippen LogP contribution in [0.15, 0.2) is 30.6 Å². The minimum absolute atomic E-state index is 0.324. The first-order valence-electron chi connectivity index (χ1n) is 4.88. The Balaban J connectivity index is 2.35. The molecule has 2 heterocycles. The summed E-state index contributed by atoms with van der Waals surface area (Å²) in [5, 5.41) is 0. The summed E-state index contributed by atoms with van der Waals surface area (Å²) in [6, 6.07) is 4.98. The van der Waals surface area contributed by atoms with Crippen molar-refractivity contribution in [3.8, 4) is 0 Å². The Bertz CT molecular complexity index is 512. The molecule has 0 aliphatic rings. The Hall–Kier alpha value is -1.84. The van der Waals surface area contributed by atoms with Crippen LogP contribution in [0.3, 0.4) is 0 Å². The van der Waals surface area contributed by atoms with Crippen molar-refractivity contribution in [1.82, 2.24) is 9.97 Å². The van der Waals surface area contributed by atoms with E-state index in [0.717, 1.165) is 5.56 Å². The third kappa shape index (κ3) is 2.05. The third-order valence-electron chi connectivity index (χ3n) is 2.47. The summed E-state index contributed by atoms with van der Waals surface area (Å²) in [5.74, 6) is -1.03. The molecule has 0 aliphatic heterocycles. The zero-order valence-electron chi connectivity index (χ0n) is 8.74. The summed E-state index contributed by atoms with van der Waals surface area (Å²) in [6.45, 7) is 1.63. The molecule has 0 saturated carbocycles. The van der Waals surface area contributed by atoms with Gasteiger partial charge in [-0.05, 0) is 24.6 Å². The van der Waals surface area contributed by atoms with E-state index in [-0.39, 0.29) is 0 Å². The highest BCUT2D eigenvalue weighted by molar-refractivity contribution is 5.29. The van der Waals surface area contributed by atoms with Crippen LogP contribution in [0.5, 0.6) is 0 Å². The quantitative estimate of drug-likeness (QED) is 0.727. The van der Waals surface area contributed by atoms with E-state index in [0.29, 0.717) is 17.5 Å². The van der Waals surface area contributed by atoms with Gasteiger partial charge in [0.05, 0.1) is 0 Å². The average molecular weight is 220 g/mol. The second-order valence-electron chi connectivity index (χ2n) is 3.52. The Morgan fingerprint density at radius 2 is 1.75 bits per heavy atom. The summed E-state index contributed by atoms with van der Waals surface area (Å²) in [6.07, 6.45) is 3.09. The lowest BCUT2D eigenvalue weighted by molar-refractivity contribution is 0.563. The van der Waals surface area contributed by atoms with Gasteiger partial charge in [-0.1, -0.05) is 6.07 Å². The van der Waals surface area contributed by atoms with Crippen LogP contribution < -0.4 is 0 Å². The molecule has 0 unspecified atom stereocenters. The molecule has 0 N–H and O–H groups in total. The lowest BCUT2D eigenvalue weighted by atomic mass is 10.0. The molecule has 82 valence electrons. The number of hydrogen-bond donors (Lipinski definition) is 0. The van der Waals surface area contributed by atoms with Crippen molar-refractivity contribution >= 4 is 0 Å². The van der Waals surface area contributed by atoms with Gasteiger partial charge in [-0.3, -0.25) is 0 Å². The van der Waals surface area contributed by atoms with Crippen molar-refractivity contribution in [2.75, 3.05) is 0 Å². The van der Waals surface area contributed by atoms with Crippen molar-refractivity contribution in [3.63, 3.8) is 0 Å². The molecule has 0 aliphatic carbocycles. The van der Waals surface area contributed by atoms with Crippen molar-refractivity contribution in [1.29, 1.82) is 0 Å². The van der Waals surface area contributed by atoms with Crippen molar-refractivity contribution in [2.45, 2.75) is 13.3 Å². The highest BCUT2D eigenvalue weighted by Gasteiger charge is 2.08. The zero-order chi connectivity index (χ0) is 11.5. The molecule has 2 nitrogen and oxygen atoms in total. The van der Waals surface area contributed by atoms with Gasteiger partial charge in [0.1, 0.15) is 0 Å². The molecule has 0 saturated heterocycles. The molecular formula is C12H10F2N2. The van der Waals surface area contributed by atoms with Gasteiger partial charge in [-0.15, -0.1) is 0 Å². The van der Waals surface area contributed by atoms with Gasteiger partial charge in [-0.25, -0.2) is 9.97 Å². The Morgan fingerprint density at radius 1 is 1.00 bits per heavy atom. The maximum atomic E-state index is 13.3. The Labute approximate surface area is 92.0 Å². The molecule has 0 aromatic carbocycles. The van der Waals surface area contributed by atoms with Gasteiger partial charge in [0, 0.05) is 29.9 Å². The van der Waals surface area contributed by atoms with Crippen molar-refractivity contribution < 1.29 is 8.78 Å². The van der Waals surface area contributed by atoms with Crippen LogP contribution in [0.1, 0.15) is 16.7 Å². The fourth-order valence-corrected chi connectivity index (χ4v) is 1.49. The maximum Gasteiger partial charge on any atom is 0.216 e. The number of halogens is 2. The van der Waals surface area contributed by atoms with Gasteiger partial charge in [0.25, 0.3) is 0 Å². The van der Waals surface area contributed by atoms with E-state index in [4.69, 9.17) is 0 Å². The van der Waals surface area contributed by atoms with E-state index >= 15 is 0 Å². The first kappa shape index (κ1) is 10.7. The minimum Gasteiger partial charge on any atom is -0.228 e. The molecule has 0 amide bonds. The largest absolute Gasteiger partial charge is 0.228 e. The zero-order valence-corrected chi connectivity index (χ0v) is 8.74. The second-order valence-corrected chi connectivity index (χ2v) is 3.52. The fraction of sp³-hybridized carbons (Fsp3) is 0.167. The predicted octanol–water partition coefficient (Wildman–Crippen LogP) is 2.65. The van der Waals surface area contributed by atoms with Crippen molar-refractivity contribution in [3.05, 3.63) is 59.2 Å². The summed E-state index contributed by atoms with van der Waals surface area (Å²) in [5.41, 5.74) is 1.63. The smallest absolute Gasteiger partial charge is 0.216 e. The van der Waals surface area contributed by atoms with Crippen LogP contribution in [0.2, 0.25) is 0 Å². The molecule has 16 heavy (non-hydrogen) atoms. The van der Waals surface area contributed by atoms with Crippen LogP contribution in [0.4, 0.5) is 8.78 Å². The second kappa shape index (κ2) is 4.35. The molecule has 2 rings (SSSR count). The molecular weight excluding hydrogens is 210 g/mol. The van der Waals surface area contributed by atoms with Crippen molar-refractivity contribution in [2.24, 2.45) is 0 Å². The van der Waals surface area contributed by atoms with Crippen LogP contribution >= 0.6 is 0 Å². The summed E-state index contributed by atoms with van der Waals surface area (Å²) < 4.78 is 26.4. The molecule has 0 fully saturated rings. The highest BCUT2D eigenvalue weighted by Crippen LogP contribution is 2.15. The minimum atomic E-state index is -0.515. The van der Waals surface area contributed by atoms with E-state index in [9.17, 15) is 8.78 Å². The Morgan fingerprint density at radius 3 is 2.50 bits per heavy atom. The SMILES string of the molecule is Cc1c(Cc2cccnc2F)ccnc1F. The van der Waals surface area contributed by atoms with Crippen LogP contribution in [0, 0.1) is 18.8 Å². The van der Waals surface area contributed by atoms with Gasteiger partial charge < -0.3 is 0 Å². The van der Waals surface area contributed by atoms with E-state index in [1.165, 1.54) is 12.4 Å². The molecule has 0 spiro atoms. The molecule has 0 bridgehead atoms. The Kier molecular flexibility index (Phi) is 2.90. The standard InChI is InChI=1S/C12H10F2N2/c1-8-9(4-6-16-11(8)13)7-10-3-2-5-15-12(10)14/h2-6H,7H2,1H3. The van der Waals surface area contributed by atoms with Crippen LogP contribution in [-0.4, -0.2) is 9.97 Å². The first-order chi connectivity index (χ1) is 7.68. The van der Waals surface area contributed by atoms with Gasteiger partial charge in [-0.2, -0.15) is 8.78 Å². The van der Waals surface area contributed by atoms with Crippen LogP contribution in [0.25, 0.3) is 0 Å². The molecule has 2 aromatic rings. The van der Waals surface area contributed by atoms with Gasteiger partial charge >= 0.3 is 0 Å². The van der Waals surface area contributed by atoms with E-state index in [2.05, 4.69) is 9.97 Å². The lowest BCUT2D eigenvalue weighted by Crippen LogP contribution is -1.99. The number of rotatable bonds is 2. The number of hydrogen-bond acceptors (Lipinski definition) is 2. The van der Waals surface area contributed by atoms with Gasteiger partial charge in [0.2, 0.25) is 11.9 Å². The summed E-state index contributed by atoms with van der Waals surface area (Å²) in [7, 11) is 0. The topological polar surface area (TPSA) is 25.8 Å². The normalized spacial score (nSPS) is 10.4. The summed E-state index contributed by atoms with van der Waals surface area (Å²) in [4.78, 5) is 7.08. The van der Waals surface area contributed by atoms with E-state index in [1.54, 1.807) is 25.1 Å². The summed E-state index contributed by atoms with van der Waals surface area (Å²) >= 11 is 0. The number of pyridine rings is 2. The molecule has 0 atom stereocenters.